The number of hydrogen-bond acceptors (Lipinski definition) is 4. The minimum Gasteiger partial charge on any atom is -0.329 e. The third kappa shape index (κ3) is 1.84. The second kappa shape index (κ2) is 5.03. The van der Waals surface area contributed by atoms with E-state index in [2.05, 4.69) is 27.0 Å². The van der Waals surface area contributed by atoms with Crippen molar-refractivity contribution in [3.8, 4) is 0 Å². The molecule has 24 heavy (non-hydrogen) atoms. The van der Waals surface area contributed by atoms with E-state index in [-0.39, 0.29) is 17.7 Å². The Morgan fingerprint density at radius 1 is 1.17 bits per heavy atom. The quantitative estimate of drug-likeness (QED) is 0.748. The van der Waals surface area contributed by atoms with E-state index in [0.717, 1.165) is 34.7 Å². The monoisotopic (exact) mass is 316 g/mol. The summed E-state index contributed by atoms with van der Waals surface area (Å²) in [6.07, 6.45) is 7.13. The van der Waals surface area contributed by atoms with E-state index in [0.29, 0.717) is 6.42 Å². The molecule has 118 valence electrons. The number of pyridine rings is 1. The molecule has 1 aliphatic heterocycles. The van der Waals surface area contributed by atoms with Crippen molar-refractivity contribution in [3.63, 3.8) is 0 Å². The molecule has 5 nitrogen and oxygen atoms in total. The zero-order valence-electron chi connectivity index (χ0n) is 13.0. The highest BCUT2D eigenvalue weighted by atomic mass is 16.1. The molecule has 0 radical (unpaired) electrons. The molecule has 0 amide bonds. The number of benzene rings is 1. The summed E-state index contributed by atoms with van der Waals surface area (Å²) >= 11 is 0. The maximum absolute atomic E-state index is 12.7. The molecule has 3 heterocycles. The SMILES string of the molecule is O=C1CCC=C2Nc3nc4ccccc4n3C(c3cccnc3)C12. The first-order valence-electron chi connectivity index (χ1n) is 8.19. The minimum atomic E-state index is -0.201. The summed E-state index contributed by atoms with van der Waals surface area (Å²) in [7, 11) is 0. The summed E-state index contributed by atoms with van der Waals surface area (Å²) in [4.78, 5) is 21.7. The van der Waals surface area contributed by atoms with Crippen LogP contribution < -0.4 is 5.32 Å². The van der Waals surface area contributed by atoms with Crippen LogP contribution in [-0.4, -0.2) is 20.3 Å². The fraction of sp³-hybridized carbons (Fsp3) is 0.211. The van der Waals surface area contributed by atoms with E-state index in [1.54, 1.807) is 6.20 Å². The molecule has 3 aromatic rings. The number of carbonyl (C=O) groups is 1. The van der Waals surface area contributed by atoms with Crippen LogP contribution in [0.3, 0.4) is 0 Å². The Morgan fingerprint density at radius 2 is 2.08 bits per heavy atom. The Morgan fingerprint density at radius 3 is 2.96 bits per heavy atom. The number of ketones is 1. The maximum atomic E-state index is 12.7. The average molecular weight is 316 g/mol. The number of carbonyl (C=O) groups excluding carboxylic acids is 1. The van der Waals surface area contributed by atoms with Gasteiger partial charge in [0.2, 0.25) is 5.95 Å². The summed E-state index contributed by atoms with van der Waals surface area (Å²) in [5.74, 6) is 0.868. The molecule has 1 aliphatic carbocycles. The smallest absolute Gasteiger partial charge is 0.208 e. The lowest BCUT2D eigenvalue weighted by Gasteiger charge is -2.37. The number of para-hydroxylation sites is 2. The van der Waals surface area contributed by atoms with Gasteiger partial charge < -0.3 is 9.88 Å². The molecule has 2 atom stereocenters. The van der Waals surface area contributed by atoms with Crippen molar-refractivity contribution < 1.29 is 4.79 Å². The Balaban J connectivity index is 1.82. The molecule has 0 spiro atoms. The van der Waals surface area contributed by atoms with Crippen molar-refractivity contribution in [2.45, 2.75) is 18.9 Å². The molecule has 2 unspecified atom stereocenters. The number of rotatable bonds is 1. The van der Waals surface area contributed by atoms with Crippen LogP contribution in [0.15, 0.2) is 60.6 Å². The van der Waals surface area contributed by atoms with Gasteiger partial charge in [-0.25, -0.2) is 4.98 Å². The number of anilines is 1. The summed E-state index contributed by atoms with van der Waals surface area (Å²) in [5, 5.41) is 3.39. The summed E-state index contributed by atoms with van der Waals surface area (Å²) in [5.41, 5.74) is 3.98. The van der Waals surface area contributed by atoms with Crippen molar-refractivity contribution in [3.05, 3.63) is 66.1 Å². The Bertz CT molecular complexity index is 973. The van der Waals surface area contributed by atoms with Gasteiger partial charge in [-0.3, -0.25) is 9.78 Å². The van der Waals surface area contributed by atoms with Gasteiger partial charge in [-0.1, -0.05) is 24.3 Å². The van der Waals surface area contributed by atoms with E-state index in [1.807, 2.05) is 36.5 Å². The zero-order chi connectivity index (χ0) is 16.1. The topological polar surface area (TPSA) is 59.8 Å². The number of nitrogens with one attached hydrogen (secondary N) is 1. The highest BCUT2D eigenvalue weighted by Crippen LogP contribution is 2.43. The van der Waals surface area contributed by atoms with Gasteiger partial charge in [0.05, 0.1) is 23.0 Å². The number of Topliss-reactive ketones (excluding diaryl/α,β-unsaturated/α-hetero) is 1. The van der Waals surface area contributed by atoms with Crippen LogP contribution in [-0.2, 0) is 4.79 Å². The van der Waals surface area contributed by atoms with E-state index in [9.17, 15) is 4.79 Å². The molecular formula is C19H16N4O. The zero-order valence-corrected chi connectivity index (χ0v) is 13.0. The molecule has 5 rings (SSSR count). The molecule has 1 N–H and O–H groups in total. The van der Waals surface area contributed by atoms with Gasteiger partial charge >= 0.3 is 0 Å². The molecule has 0 bridgehead atoms. The van der Waals surface area contributed by atoms with Crippen molar-refractivity contribution in [1.29, 1.82) is 0 Å². The molecule has 1 aromatic carbocycles. The highest BCUT2D eigenvalue weighted by Gasteiger charge is 2.41. The Labute approximate surface area is 139 Å². The van der Waals surface area contributed by atoms with E-state index < -0.39 is 0 Å². The largest absolute Gasteiger partial charge is 0.329 e. The third-order valence-electron chi connectivity index (χ3n) is 4.91. The van der Waals surface area contributed by atoms with Crippen LogP contribution in [0.1, 0.15) is 24.4 Å². The first kappa shape index (κ1) is 13.5. The second-order valence-electron chi connectivity index (χ2n) is 6.29. The van der Waals surface area contributed by atoms with Gasteiger partial charge in [-0.15, -0.1) is 0 Å². The van der Waals surface area contributed by atoms with Crippen LogP contribution in [0.2, 0.25) is 0 Å². The fourth-order valence-electron chi connectivity index (χ4n) is 3.89. The van der Waals surface area contributed by atoms with Gasteiger partial charge in [0.15, 0.2) is 0 Å². The van der Waals surface area contributed by atoms with Gasteiger partial charge in [0.1, 0.15) is 5.78 Å². The Hall–Kier alpha value is -2.95. The lowest BCUT2D eigenvalue weighted by Crippen LogP contribution is -2.38. The number of fused-ring (bicyclic) bond motifs is 4. The first-order valence-corrected chi connectivity index (χ1v) is 8.19. The molecule has 0 fully saturated rings. The molecule has 2 aliphatic rings. The number of nitrogens with zero attached hydrogens (tertiary/aromatic N) is 3. The first-order chi connectivity index (χ1) is 11.8. The van der Waals surface area contributed by atoms with Crippen LogP contribution >= 0.6 is 0 Å². The van der Waals surface area contributed by atoms with Crippen molar-refractivity contribution in [2.75, 3.05) is 5.32 Å². The number of allylic oxidation sites excluding steroid dienone is 2. The predicted molar refractivity (Wildman–Crippen MR) is 91.5 cm³/mol. The molecule has 2 aromatic heterocycles. The van der Waals surface area contributed by atoms with E-state index >= 15 is 0 Å². The lowest BCUT2D eigenvalue weighted by atomic mass is 9.81. The second-order valence-corrected chi connectivity index (χ2v) is 6.29. The third-order valence-corrected chi connectivity index (χ3v) is 4.91. The van der Waals surface area contributed by atoms with Gasteiger partial charge in [-0.2, -0.15) is 0 Å². The van der Waals surface area contributed by atoms with Crippen LogP contribution in [0, 0.1) is 5.92 Å². The summed E-state index contributed by atoms with van der Waals surface area (Å²) in [6.45, 7) is 0. The molecule has 0 saturated heterocycles. The molecular weight excluding hydrogens is 300 g/mol. The normalized spacial score (nSPS) is 22.5. The number of hydrogen-bond donors (Lipinski definition) is 1. The standard InChI is InChI=1S/C19H16N4O/c24-16-9-3-7-14-17(16)18(12-5-4-10-20-11-12)23-15-8-2-1-6-13(15)21-19(23)22-14/h1-2,4-8,10-11,17-18H,3,9H2,(H,21,22). The van der Waals surface area contributed by atoms with Crippen molar-refractivity contribution >= 4 is 22.8 Å². The van der Waals surface area contributed by atoms with Gasteiger partial charge in [0, 0.05) is 24.5 Å². The van der Waals surface area contributed by atoms with E-state index in [1.165, 1.54) is 0 Å². The van der Waals surface area contributed by atoms with E-state index in [4.69, 9.17) is 4.98 Å². The van der Waals surface area contributed by atoms with Gasteiger partial charge in [-0.05, 0) is 30.2 Å². The molecule has 0 saturated carbocycles. The number of imidazole rings is 1. The summed E-state index contributed by atoms with van der Waals surface area (Å²) < 4.78 is 2.15. The number of aromatic nitrogens is 3. The van der Waals surface area contributed by atoms with Crippen molar-refractivity contribution in [1.82, 2.24) is 14.5 Å². The van der Waals surface area contributed by atoms with Crippen LogP contribution in [0.5, 0.6) is 0 Å². The fourth-order valence-corrected chi connectivity index (χ4v) is 3.89. The maximum Gasteiger partial charge on any atom is 0.208 e. The predicted octanol–water partition coefficient (Wildman–Crippen LogP) is 3.31. The molecule has 5 heteroatoms. The summed E-state index contributed by atoms with van der Waals surface area (Å²) in [6, 6.07) is 11.9. The van der Waals surface area contributed by atoms with Crippen LogP contribution in [0.25, 0.3) is 11.0 Å². The lowest BCUT2D eigenvalue weighted by molar-refractivity contribution is -0.123. The van der Waals surface area contributed by atoms with Gasteiger partial charge in [0.25, 0.3) is 0 Å². The Kier molecular flexibility index (Phi) is 2.82. The highest BCUT2D eigenvalue weighted by molar-refractivity contribution is 5.89. The minimum absolute atomic E-state index is 0.110. The van der Waals surface area contributed by atoms with Crippen molar-refractivity contribution in [2.24, 2.45) is 5.92 Å². The van der Waals surface area contributed by atoms with Crippen LogP contribution in [0.4, 0.5) is 5.95 Å². The average Bonchev–Trinajstić information content (AvgIpc) is 2.99.